The molecule has 5 nitrogen and oxygen atoms in total. The van der Waals surface area contributed by atoms with Gasteiger partial charge in [0.2, 0.25) is 5.88 Å². The molecule has 0 saturated heterocycles. The molecular weight excluding hydrogens is 132 g/mol. The lowest BCUT2D eigenvalue weighted by Gasteiger charge is -1.87. The van der Waals surface area contributed by atoms with E-state index in [1.54, 1.807) is 6.07 Å². The summed E-state index contributed by atoms with van der Waals surface area (Å²) in [7, 11) is 0. The van der Waals surface area contributed by atoms with Gasteiger partial charge < -0.3 is 10.9 Å². The molecule has 0 bridgehead atoms. The molecule has 5 heteroatoms. The van der Waals surface area contributed by atoms with Gasteiger partial charge in [-0.1, -0.05) is 0 Å². The van der Waals surface area contributed by atoms with Gasteiger partial charge in [0.15, 0.2) is 0 Å². The Morgan fingerprint density at radius 3 is 2.70 bits per heavy atom. The highest BCUT2D eigenvalue weighted by Crippen LogP contribution is 1.96. The second-order valence-electron chi connectivity index (χ2n) is 1.29. The minimum absolute atomic E-state index is 0.113. The number of aliphatic imine (C=N–C) groups is 1. The summed E-state index contributed by atoms with van der Waals surface area (Å²) in [5.74, 6) is 4.23. The largest absolute Gasteiger partial charge is 0.492 e. The molecule has 3 N–H and O–H groups in total. The molecule has 10 heavy (non-hydrogen) atoms. The molecule has 0 spiro atoms. The number of hydrogen-bond donors (Lipinski definition) is 2. The van der Waals surface area contributed by atoms with E-state index < -0.39 is 5.88 Å². The van der Waals surface area contributed by atoms with Gasteiger partial charge in [-0.25, -0.2) is 4.99 Å². The fourth-order valence-corrected chi connectivity index (χ4v) is 0.296. The van der Waals surface area contributed by atoms with E-state index in [9.17, 15) is 0 Å². The van der Waals surface area contributed by atoms with E-state index in [1.807, 2.05) is 0 Å². The lowest BCUT2D eigenvalue weighted by Crippen LogP contribution is -1.90. The number of hydrogen-bond acceptors (Lipinski definition) is 5. The van der Waals surface area contributed by atoms with Crippen LogP contribution in [0.25, 0.3) is 0 Å². The monoisotopic (exact) mass is 138 g/mol. The van der Waals surface area contributed by atoms with E-state index in [0.29, 0.717) is 0 Å². The zero-order valence-electron chi connectivity index (χ0n) is 5.15. The second kappa shape index (κ2) is 4.09. The van der Waals surface area contributed by atoms with Gasteiger partial charge in [0, 0.05) is 0 Å². The topological polar surface area (TPSA) is 94.8 Å². The molecule has 0 aromatic heterocycles. The Labute approximate surface area is 57.8 Å². The molecule has 0 aliphatic rings. The first-order valence-corrected chi connectivity index (χ1v) is 2.29. The van der Waals surface area contributed by atoms with E-state index in [0.717, 1.165) is 6.21 Å². The lowest BCUT2D eigenvalue weighted by atomic mass is 10.3. The number of nitrogens with two attached hydrogens (primary N) is 1. The van der Waals surface area contributed by atoms with E-state index in [4.69, 9.17) is 16.2 Å². The van der Waals surface area contributed by atoms with Crippen molar-refractivity contribution >= 4 is 12.9 Å². The van der Waals surface area contributed by atoms with Gasteiger partial charge in [-0.15, -0.1) is 0 Å². The van der Waals surface area contributed by atoms with Crippen LogP contribution in [-0.2, 0) is 0 Å². The van der Waals surface area contributed by atoms with E-state index in [-0.39, 0.29) is 5.57 Å². The number of nitriles is 1. The van der Waals surface area contributed by atoms with E-state index >= 15 is 0 Å². The first-order chi connectivity index (χ1) is 4.76. The molecule has 0 amide bonds. The van der Waals surface area contributed by atoms with Crippen LogP contribution in [0.5, 0.6) is 0 Å². The summed E-state index contributed by atoms with van der Waals surface area (Å²) < 4.78 is 0. The standard InChI is InChI=1S/C5H6N4O/c1-8-5(10)4(2-6)3-9-7/h3,10H,1,7H2. The van der Waals surface area contributed by atoms with Crippen molar-refractivity contribution in [2.24, 2.45) is 15.9 Å². The lowest BCUT2D eigenvalue weighted by molar-refractivity contribution is 0.406. The fourth-order valence-electron chi connectivity index (χ4n) is 0.296. The van der Waals surface area contributed by atoms with E-state index in [2.05, 4.69) is 16.8 Å². The molecule has 0 saturated carbocycles. The summed E-state index contributed by atoms with van der Waals surface area (Å²) in [4.78, 5) is 3.09. The minimum Gasteiger partial charge on any atom is -0.492 e. The van der Waals surface area contributed by atoms with Crippen LogP contribution in [0, 0.1) is 11.3 Å². The maximum atomic E-state index is 8.73. The third-order valence-electron chi connectivity index (χ3n) is 0.715. The highest BCUT2D eigenvalue weighted by atomic mass is 16.3. The summed E-state index contributed by atoms with van der Waals surface area (Å²) in [6.07, 6.45) is 0.990. The smallest absolute Gasteiger partial charge is 0.230 e. The highest BCUT2D eigenvalue weighted by Gasteiger charge is 1.97. The quantitative estimate of drug-likeness (QED) is 0.184. The van der Waals surface area contributed by atoms with Crippen LogP contribution in [-0.4, -0.2) is 18.0 Å². The van der Waals surface area contributed by atoms with Gasteiger partial charge in [-0.3, -0.25) is 0 Å². The van der Waals surface area contributed by atoms with Gasteiger partial charge in [-0.05, 0) is 6.72 Å². The third-order valence-corrected chi connectivity index (χ3v) is 0.715. The molecule has 0 heterocycles. The highest BCUT2D eigenvalue weighted by molar-refractivity contribution is 5.84. The van der Waals surface area contributed by atoms with Crippen molar-refractivity contribution in [3.05, 3.63) is 11.5 Å². The molecule has 0 unspecified atom stereocenters. The van der Waals surface area contributed by atoms with Crippen LogP contribution in [0.15, 0.2) is 21.6 Å². The summed E-state index contributed by atoms with van der Waals surface area (Å²) >= 11 is 0. The Balaban J connectivity index is 4.66. The van der Waals surface area contributed by atoms with Crippen LogP contribution in [0.1, 0.15) is 0 Å². The average Bonchev–Trinajstić information content (AvgIpc) is 1.99. The molecule has 0 aliphatic heterocycles. The maximum absolute atomic E-state index is 8.73. The fraction of sp³-hybridized carbons (Fsp3) is 0. The van der Waals surface area contributed by atoms with Crippen LogP contribution >= 0.6 is 0 Å². The van der Waals surface area contributed by atoms with Crippen molar-refractivity contribution in [2.75, 3.05) is 0 Å². The van der Waals surface area contributed by atoms with Gasteiger partial charge in [0.05, 0.1) is 6.21 Å². The van der Waals surface area contributed by atoms with Crippen molar-refractivity contribution in [1.82, 2.24) is 0 Å². The molecular formula is C5H6N4O. The van der Waals surface area contributed by atoms with Crippen LogP contribution < -0.4 is 5.84 Å². The number of nitrogens with zero attached hydrogens (tertiary/aromatic N) is 3. The SMILES string of the molecule is C=NC(O)=C(C#N)C=NN. The van der Waals surface area contributed by atoms with Crippen molar-refractivity contribution in [3.8, 4) is 6.07 Å². The predicted octanol–water partition coefficient (Wildman–Crippen LogP) is -0.0753. The summed E-state index contributed by atoms with van der Waals surface area (Å²) in [5, 5.41) is 20.0. The Bertz CT molecular complexity index is 222. The van der Waals surface area contributed by atoms with Crippen molar-refractivity contribution in [1.29, 1.82) is 5.26 Å². The van der Waals surface area contributed by atoms with Gasteiger partial charge in [-0.2, -0.15) is 10.4 Å². The number of rotatable bonds is 2. The molecule has 0 aliphatic carbocycles. The molecule has 0 atom stereocenters. The van der Waals surface area contributed by atoms with Crippen molar-refractivity contribution in [3.63, 3.8) is 0 Å². The molecule has 0 fully saturated rings. The normalized spacial score (nSPS) is 12.3. The number of aliphatic hydroxyl groups is 1. The molecule has 0 radical (unpaired) electrons. The Morgan fingerprint density at radius 1 is 1.80 bits per heavy atom. The molecule has 52 valence electrons. The van der Waals surface area contributed by atoms with Gasteiger partial charge in [0.1, 0.15) is 11.6 Å². The van der Waals surface area contributed by atoms with Crippen LogP contribution in [0.4, 0.5) is 0 Å². The zero-order chi connectivity index (χ0) is 7.98. The predicted molar refractivity (Wildman–Crippen MR) is 37.5 cm³/mol. The second-order valence-corrected chi connectivity index (χ2v) is 1.29. The van der Waals surface area contributed by atoms with Crippen molar-refractivity contribution < 1.29 is 5.11 Å². The average molecular weight is 138 g/mol. The Hall–Kier alpha value is -1.83. The molecule has 0 aromatic carbocycles. The summed E-state index contributed by atoms with van der Waals surface area (Å²) in [6, 6.07) is 1.62. The maximum Gasteiger partial charge on any atom is 0.230 e. The summed E-state index contributed by atoms with van der Waals surface area (Å²) in [5.41, 5.74) is -0.113. The van der Waals surface area contributed by atoms with Crippen LogP contribution in [0.3, 0.4) is 0 Å². The Kier molecular flexibility index (Phi) is 3.34. The number of aliphatic hydroxyl groups excluding tert-OH is 1. The number of allylic oxidation sites excluding steroid dienone is 1. The van der Waals surface area contributed by atoms with Crippen LogP contribution in [0.2, 0.25) is 0 Å². The van der Waals surface area contributed by atoms with Gasteiger partial charge >= 0.3 is 0 Å². The molecule has 0 aromatic rings. The molecule has 0 rings (SSSR count). The number of hydrazone groups is 1. The summed E-state index contributed by atoms with van der Waals surface area (Å²) in [6.45, 7) is 3.00. The minimum atomic E-state index is -0.475. The zero-order valence-corrected chi connectivity index (χ0v) is 5.15. The van der Waals surface area contributed by atoms with Gasteiger partial charge in [0.25, 0.3) is 0 Å². The van der Waals surface area contributed by atoms with E-state index in [1.165, 1.54) is 0 Å². The van der Waals surface area contributed by atoms with Crippen molar-refractivity contribution in [2.45, 2.75) is 0 Å². The Morgan fingerprint density at radius 2 is 2.40 bits per heavy atom. The first kappa shape index (κ1) is 8.17. The third kappa shape index (κ3) is 1.96. The first-order valence-electron chi connectivity index (χ1n) is 2.29.